The lowest BCUT2D eigenvalue weighted by Gasteiger charge is -2.27. The molecule has 0 atom stereocenters. The zero-order valence-electron chi connectivity index (χ0n) is 18.1. The van der Waals surface area contributed by atoms with Crippen molar-refractivity contribution in [3.8, 4) is 0 Å². The molecule has 2 aromatic rings. The molecule has 168 valence electrons. The average molecular weight is 430 g/mol. The number of hydrogen-bond donors (Lipinski definition) is 1. The van der Waals surface area contributed by atoms with Crippen LogP contribution in [0.1, 0.15) is 55.4 Å². The number of carbonyl (C=O) groups excluding carboxylic acids is 1. The first kappa shape index (κ1) is 21.7. The van der Waals surface area contributed by atoms with Crippen LogP contribution in [-0.2, 0) is 9.47 Å². The molecule has 2 fully saturated rings. The van der Waals surface area contributed by atoms with Gasteiger partial charge in [0.05, 0.1) is 25.2 Å². The molecule has 0 radical (unpaired) electrons. The van der Waals surface area contributed by atoms with Crippen LogP contribution in [0, 0.1) is 0 Å². The van der Waals surface area contributed by atoms with Gasteiger partial charge in [0, 0.05) is 44.6 Å². The van der Waals surface area contributed by atoms with Crippen molar-refractivity contribution in [1.82, 2.24) is 19.4 Å². The predicted molar refractivity (Wildman–Crippen MR) is 118 cm³/mol. The summed E-state index contributed by atoms with van der Waals surface area (Å²) in [7, 11) is 0. The Labute approximate surface area is 181 Å². The van der Waals surface area contributed by atoms with Crippen molar-refractivity contribution in [3.05, 3.63) is 28.2 Å². The van der Waals surface area contributed by atoms with Gasteiger partial charge in [-0.25, -0.2) is 9.78 Å². The summed E-state index contributed by atoms with van der Waals surface area (Å²) in [5.74, 6) is -0.0970. The van der Waals surface area contributed by atoms with Crippen LogP contribution < -0.4 is 10.7 Å². The third kappa shape index (κ3) is 5.04. The number of hydrogen-bond acceptors (Lipinski definition) is 8. The molecule has 1 saturated heterocycles. The second-order valence-corrected chi connectivity index (χ2v) is 8.10. The summed E-state index contributed by atoms with van der Waals surface area (Å²) in [6.07, 6.45) is 8.65. The lowest BCUT2D eigenvalue weighted by Crippen LogP contribution is -2.39. The third-order valence-electron chi connectivity index (χ3n) is 6.05. The number of ether oxygens (including phenoxy) is 2. The van der Waals surface area contributed by atoms with E-state index < -0.39 is 5.97 Å². The lowest BCUT2D eigenvalue weighted by molar-refractivity contribution is 0.0398. The molecule has 31 heavy (non-hydrogen) atoms. The van der Waals surface area contributed by atoms with E-state index in [4.69, 9.17) is 9.47 Å². The van der Waals surface area contributed by atoms with Crippen molar-refractivity contribution in [2.24, 2.45) is 0 Å². The Kier molecular flexibility index (Phi) is 7.14. The summed E-state index contributed by atoms with van der Waals surface area (Å²) in [4.78, 5) is 36.8. The Hall–Kier alpha value is -2.52. The van der Waals surface area contributed by atoms with Gasteiger partial charge in [0.15, 0.2) is 0 Å². The lowest BCUT2D eigenvalue weighted by atomic mass is 9.95. The van der Waals surface area contributed by atoms with Crippen LogP contribution in [0.25, 0.3) is 11.0 Å². The fourth-order valence-electron chi connectivity index (χ4n) is 4.36. The summed E-state index contributed by atoms with van der Waals surface area (Å²) in [6, 6.07) is 0.209. The number of rotatable bonds is 7. The van der Waals surface area contributed by atoms with Gasteiger partial charge in [-0.3, -0.25) is 9.69 Å². The topological polar surface area (TPSA) is 98.6 Å². The SMILES string of the molecule is CCOC(=O)c1cn(C2CCCCC2)c2nc(NCCN3CCOCC3)ncc2c1=O. The van der Waals surface area contributed by atoms with E-state index in [1.165, 1.54) is 12.6 Å². The first-order valence-corrected chi connectivity index (χ1v) is 11.3. The van der Waals surface area contributed by atoms with E-state index in [1.807, 2.05) is 4.57 Å². The zero-order valence-corrected chi connectivity index (χ0v) is 18.1. The van der Waals surface area contributed by atoms with Crippen molar-refractivity contribution in [2.45, 2.75) is 45.1 Å². The van der Waals surface area contributed by atoms with Crippen LogP contribution in [0.5, 0.6) is 0 Å². The summed E-state index contributed by atoms with van der Waals surface area (Å²) < 4.78 is 12.5. The minimum absolute atomic E-state index is 0.0524. The van der Waals surface area contributed by atoms with E-state index in [0.717, 1.165) is 58.5 Å². The molecule has 0 unspecified atom stereocenters. The molecule has 0 aromatic carbocycles. The Morgan fingerprint density at radius 2 is 2.03 bits per heavy atom. The number of carbonyl (C=O) groups is 1. The van der Waals surface area contributed by atoms with E-state index in [2.05, 4.69) is 20.2 Å². The van der Waals surface area contributed by atoms with E-state index >= 15 is 0 Å². The highest BCUT2D eigenvalue weighted by atomic mass is 16.5. The monoisotopic (exact) mass is 429 g/mol. The van der Waals surface area contributed by atoms with Crippen molar-refractivity contribution >= 4 is 23.0 Å². The average Bonchev–Trinajstić information content (AvgIpc) is 2.81. The maximum absolute atomic E-state index is 13.0. The van der Waals surface area contributed by atoms with Gasteiger partial charge in [-0.2, -0.15) is 4.98 Å². The zero-order chi connectivity index (χ0) is 21.6. The van der Waals surface area contributed by atoms with E-state index in [-0.39, 0.29) is 23.6 Å². The van der Waals surface area contributed by atoms with Gasteiger partial charge >= 0.3 is 5.97 Å². The van der Waals surface area contributed by atoms with Gasteiger partial charge in [-0.1, -0.05) is 19.3 Å². The number of esters is 1. The summed E-state index contributed by atoms with van der Waals surface area (Å²) in [6.45, 7) is 6.93. The number of nitrogens with zero attached hydrogens (tertiary/aromatic N) is 4. The van der Waals surface area contributed by atoms with Gasteiger partial charge in [0.1, 0.15) is 11.2 Å². The van der Waals surface area contributed by atoms with Crippen molar-refractivity contribution in [3.63, 3.8) is 0 Å². The van der Waals surface area contributed by atoms with Gasteiger partial charge in [0.25, 0.3) is 0 Å². The van der Waals surface area contributed by atoms with Crippen LogP contribution in [0.2, 0.25) is 0 Å². The van der Waals surface area contributed by atoms with Gasteiger partial charge < -0.3 is 19.4 Å². The Bertz CT molecular complexity index is 964. The second kappa shape index (κ2) is 10.2. The summed E-state index contributed by atoms with van der Waals surface area (Å²) in [5, 5.41) is 3.64. The van der Waals surface area contributed by atoms with Gasteiger partial charge in [-0.05, 0) is 19.8 Å². The maximum atomic E-state index is 13.0. The largest absolute Gasteiger partial charge is 0.462 e. The number of anilines is 1. The van der Waals surface area contributed by atoms with Gasteiger partial charge in [0.2, 0.25) is 11.4 Å². The molecule has 0 bridgehead atoms. The highest BCUT2D eigenvalue weighted by molar-refractivity contribution is 5.93. The highest BCUT2D eigenvalue weighted by Crippen LogP contribution is 2.30. The molecule has 9 nitrogen and oxygen atoms in total. The minimum atomic E-state index is -0.591. The first-order chi connectivity index (χ1) is 15.2. The molecule has 1 aliphatic carbocycles. The quantitative estimate of drug-likeness (QED) is 0.669. The van der Waals surface area contributed by atoms with Crippen LogP contribution in [0.4, 0.5) is 5.95 Å². The molecule has 0 spiro atoms. The number of morpholine rings is 1. The van der Waals surface area contributed by atoms with Crippen molar-refractivity contribution < 1.29 is 14.3 Å². The summed E-state index contributed by atoms with van der Waals surface area (Å²) in [5.41, 5.74) is 0.255. The Balaban J connectivity index is 1.63. The van der Waals surface area contributed by atoms with Crippen molar-refractivity contribution in [1.29, 1.82) is 0 Å². The molecule has 9 heteroatoms. The van der Waals surface area contributed by atoms with Crippen LogP contribution in [0.15, 0.2) is 17.2 Å². The number of nitrogens with one attached hydrogen (secondary N) is 1. The number of aromatic nitrogens is 3. The standard InChI is InChI=1S/C22H31N5O4/c1-2-31-21(29)18-15-27(16-6-4-3-5-7-16)20-17(19(18)28)14-24-22(25-20)23-8-9-26-10-12-30-13-11-26/h14-16H,2-13H2,1H3,(H,23,24,25). The molecule has 0 amide bonds. The molecular weight excluding hydrogens is 398 g/mol. The smallest absolute Gasteiger partial charge is 0.343 e. The second-order valence-electron chi connectivity index (χ2n) is 8.10. The minimum Gasteiger partial charge on any atom is -0.462 e. The first-order valence-electron chi connectivity index (χ1n) is 11.3. The van der Waals surface area contributed by atoms with E-state index in [9.17, 15) is 9.59 Å². The Morgan fingerprint density at radius 1 is 1.26 bits per heavy atom. The molecular formula is C22H31N5O4. The maximum Gasteiger partial charge on any atom is 0.343 e. The molecule has 1 N–H and O–H groups in total. The molecule has 1 saturated carbocycles. The molecule has 1 aliphatic heterocycles. The van der Waals surface area contributed by atoms with E-state index in [0.29, 0.717) is 23.5 Å². The Morgan fingerprint density at radius 3 is 2.77 bits per heavy atom. The summed E-state index contributed by atoms with van der Waals surface area (Å²) >= 11 is 0. The van der Waals surface area contributed by atoms with Crippen molar-refractivity contribution in [2.75, 3.05) is 51.3 Å². The van der Waals surface area contributed by atoms with Crippen LogP contribution in [0.3, 0.4) is 0 Å². The fraction of sp³-hybridized carbons (Fsp3) is 0.636. The van der Waals surface area contributed by atoms with Gasteiger partial charge in [-0.15, -0.1) is 0 Å². The normalized spacial score (nSPS) is 18.2. The fourth-order valence-corrected chi connectivity index (χ4v) is 4.36. The number of pyridine rings is 1. The highest BCUT2D eigenvalue weighted by Gasteiger charge is 2.23. The van der Waals surface area contributed by atoms with Crippen LogP contribution in [-0.4, -0.2) is 71.4 Å². The molecule has 2 aromatic heterocycles. The molecule has 2 aliphatic rings. The van der Waals surface area contributed by atoms with E-state index in [1.54, 1.807) is 13.1 Å². The number of fused-ring (bicyclic) bond motifs is 1. The third-order valence-corrected chi connectivity index (χ3v) is 6.05. The molecule has 4 rings (SSSR count). The van der Waals surface area contributed by atoms with Crippen LogP contribution >= 0.6 is 0 Å². The molecule has 3 heterocycles. The predicted octanol–water partition coefficient (Wildman–Crippen LogP) is 2.22.